The van der Waals surface area contributed by atoms with Crippen molar-refractivity contribution in [3.63, 3.8) is 0 Å². The van der Waals surface area contributed by atoms with E-state index in [1.54, 1.807) is 24.3 Å². The molecule has 7 nitrogen and oxygen atoms in total. The molecular weight excluding hydrogens is 341 g/mol. The third-order valence-electron chi connectivity index (χ3n) is 3.12. The van der Waals surface area contributed by atoms with Crippen LogP contribution in [0.5, 0.6) is 5.75 Å². The lowest BCUT2D eigenvalue weighted by molar-refractivity contribution is -0.125. The number of ether oxygens (including phenoxy) is 1. The van der Waals surface area contributed by atoms with E-state index in [0.29, 0.717) is 17.1 Å². The smallest absolute Gasteiger partial charge is 0.258 e. The van der Waals surface area contributed by atoms with Crippen molar-refractivity contribution < 1.29 is 23.5 Å². The first kappa shape index (κ1) is 18.9. The van der Waals surface area contributed by atoms with Gasteiger partial charge in [-0.25, -0.2) is 4.39 Å². The van der Waals surface area contributed by atoms with Crippen molar-refractivity contribution in [2.24, 2.45) is 0 Å². The zero-order valence-electron chi connectivity index (χ0n) is 14.0. The van der Waals surface area contributed by atoms with E-state index in [4.69, 9.17) is 4.74 Å². The lowest BCUT2D eigenvalue weighted by atomic mass is 10.3. The fourth-order valence-electron chi connectivity index (χ4n) is 1.95. The molecule has 0 aromatic heterocycles. The van der Waals surface area contributed by atoms with Crippen LogP contribution in [0.4, 0.5) is 15.8 Å². The number of benzene rings is 2. The quantitative estimate of drug-likeness (QED) is 0.704. The molecule has 0 saturated heterocycles. The van der Waals surface area contributed by atoms with Gasteiger partial charge in [0, 0.05) is 18.3 Å². The molecule has 2 rings (SSSR count). The molecule has 0 bridgehead atoms. The Hall–Kier alpha value is -3.42. The highest BCUT2D eigenvalue weighted by Gasteiger charge is 2.07. The zero-order chi connectivity index (χ0) is 18.9. The topological polar surface area (TPSA) is 96.5 Å². The van der Waals surface area contributed by atoms with Crippen LogP contribution in [0.2, 0.25) is 0 Å². The molecule has 0 unspecified atom stereocenters. The van der Waals surface area contributed by atoms with E-state index in [-0.39, 0.29) is 19.1 Å². The lowest BCUT2D eigenvalue weighted by Crippen LogP contribution is -2.35. The van der Waals surface area contributed by atoms with Crippen molar-refractivity contribution in [3.05, 3.63) is 54.3 Å². The van der Waals surface area contributed by atoms with Gasteiger partial charge in [-0.2, -0.15) is 0 Å². The monoisotopic (exact) mass is 359 g/mol. The molecule has 8 heteroatoms. The number of carbonyl (C=O) groups is 3. The van der Waals surface area contributed by atoms with Gasteiger partial charge >= 0.3 is 0 Å². The highest BCUT2D eigenvalue weighted by molar-refractivity contribution is 5.94. The number of amides is 3. The van der Waals surface area contributed by atoms with Crippen molar-refractivity contribution in [2.75, 3.05) is 23.8 Å². The van der Waals surface area contributed by atoms with E-state index < -0.39 is 17.6 Å². The molecule has 0 aliphatic rings. The summed E-state index contributed by atoms with van der Waals surface area (Å²) >= 11 is 0. The molecule has 3 amide bonds. The first-order chi connectivity index (χ1) is 12.4. The van der Waals surface area contributed by atoms with Crippen LogP contribution >= 0.6 is 0 Å². The number of hydrogen-bond acceptors (Lipinski definition) is 4. The second kappa shape index (κ2) is 9.16. The van der Waals surface area contributed by atoms with Gasteiger partial charge < -0.3 is 20.7 Å². The second-order valence-corrected chi connectivity index (χ2v) is 5.33. The second-order valence-electron chi connectivity index (χ2n) is 5.33. The Balaban J connectivity index is 1.70. The molecule has 0 fully saturated rings. The summed E-state index contributed by atoms with van der Waals surface area (Å²) in [4.78, 5) is 34.3. The minimum Gasteiger partial charge on any atom is -0.484 e. The van der Waals surface area contributed by atoms with E-state index >= 15 is 0 Å². The van der Waals surface area contributed by atoms with E-state index in [2.05, 4.69) is 16.0 Å². The summed E-state index contributed by atoms with van der Waals surface area (Å²) in [6.07, 6.45) is 0. The molecule has 136 valence electrons. The van der Waals surface area contributed by atoms with Crippen molar-refractivity contribution in [3.8, 4) is 5.75 Å². The predicted octanol–water partition coefficient (Wildman–Crippen LogP) is 1.92. The molecule has 0 aliphatic carbocycles. The Bertz CT molecular complexity index is 776. The van der Waals surface area contributed by atoms with Crippen LogP contribution in [0.3, 0.4) is 0 Å². The number of anilines is 2. The number of nitrogens with one attached hydrogen (secondary N) is 3. The molecular formula is C18H18FN3O4. The molecule has 3 N–H and O–H groups in total. The van der Waals surface area contributed by atoms with Crippen LogP contribution in [-0.2, 0) is 14.4 Å². The number of carbonyl (C=O) groups excluding carboxylic acids is 3. The molecule has 0 spiro atoms. The first-order valence-corrected chi connectivity index (χ1v) is 7.75. The van der Waals surface area contributed by atoms with Gasteiger partial charge in [0.1, 0.15) is 11.6 Å². The summed E-state index contributed by atoms with van der Waals surface area (Å²) in [7, 11) is 0. The highest BCUT2D eigenvalue weighted by atomic mass is 19.1. The fourth-order valence-corrected chi connectivity index (χ4v) is 1.95. The summed E-state index contributed by atoms with van der Waals surface area (Å²) in [6, 6.07) is 11.8. The van der Waals surface area contributed by atoms with Crippen LogP contribution in [-0.4, -0.2) is 30.9 Å². The van der Waals surface area contributed by atoms with Gasteiger partial charge in [-0.15, -0.1) is 0 Å². The Morgan fingerprint density at radius 2 is 1.46 bits per heavy atom. The van der Waals surface area contributed by atoms with Crippen molar-refractivity contribution in [2.45, 2.75) is 6.92 Å². The minimum atomic E-state index is -0.467. The van der Waals surface area contributed by atoms with Crippen LogP contribution in [0.1, 0.15) is 6.92 Å². The van der Waals surface area contributed by atoms with E-state index in [1.165, 1.54) is 31.2 Å². The van der Waals surface area contributed by atoms with E-state index in [9.17, 15) is 18.8 Å². The van der Waals surface area contributed by atoms with Crippen LogP contribution in [0.25, 0.3) is 0 Å². The number of halogens is 1. The summed E-state index contributed by atoms with van der Waals surface area (Å²) < 4.78 is 18.1. The first-order valence-electron chi connectivity index (χ1n) is 7.75. The molecule has 2 aromatic carbocycles. The van der Waals surface area contributed by atoms with Crippen LogP contribution in [0, 0.1) is 5.82 Å². The average molecular weight is 359 g/mol. The van der Waals surface area contributed by atoms with Gasteiger partial charge in [0.05, 0.1) is 6.54 Å². The SMILES string of the molecule is CC(=O)Nc1ccc(OCC(=O)NCC(=O)Nc2ccc(F)cc2)cc1. The maximum absolute atomic E-state index is 12.8. The summed E-state index contributed by atoms with van der Waals surface area (Å²) in [5.74, 6) is -1.05. The zero-order valence-corrected chi connectivity index (χ0v) is 14.0. The minimum absolute atomic E-state index is 0.183. The van der Waals surface area contributed by atoms with Crippen molar-refractivity contribution >= 4 is 29.1 Å². The summed E-state index contributed by atoms with van der Waals surface area (Å²) in [5, 5.41) is 7.55. The molecule has 0 atom stereocenters. The molecule has 2 aromatic rings. The third-order valence-corrected chi connectivity index (χ3v) is 3.12. The molecule has 0 aliphatic heterocycles. The normalized spacial score (nSPS) is 9.92. The third kappa shape index (κ3) is 6.60. The molecule has 26 heavy (non-hydrogen) atoms. The van der Waals surface area contributed by atoms with E-state index in [0.717, 1.165) is 0 Å². The number of hydrogen-bond donors (Lipinski definition) is 3. The molecule has 0 radical (unpaired) electrons. The maximum Gasteiger partial charge on any atom is 0.258 e. The van der Waals surface area contributed by atoms with Gasteiger partial charge in [0.15, 0.2) is 6.61 Å². The van der Waals surface area contributed by atoms with Crippen molar-refractivity contribution in [1.29, 1.82) is 0 Å². The maximum atomic E-state index is 12.8. The molecule has 0 saturated carbocycles. The van der Waals surface area contributed by atoms with Crippen LogP contribution in [0.15, 0.2) is 48.5 Å². The standard InChI is InChI=1S/C18H18FN3O4/c1-12(23)21-14-6-8-16(9-7-14)26-11-18(25)20-10-17(24)22-15-4-2-13(19)3-5-15/h2-9H,10-11H2,1H3,(H,20,25)(H,21,23)(H,22,24). The van der Waals surface area contributed by atoms with Gasteiger partial charge in [-0.3, -0.25) is 14.4 Å². The Kier molecular flexibility index (Phi) is 6.67. The van der Waals surface area contributed by atoms with Gasteiger partial charge in [0.2, 0.25) is 11.8 Å². The molecule has 0 heterocycles. The lowest BCUT2D eigenvalue weighted by Gasteiger charge is -2.09. The Morgan fingerprint density at radius 1 is 0.885 bits per heavy atom. The fraction of sp³-hybridized carbons (Fsp3) is 0.167. The average Bonchev–Trinajstić information content (AvgIpc) is 2.61. The summed E-state index contributed by atoms with van der Waals surface area (Å²) in [6.45, 7) is 0.908. The van der Waals surface area contributed by atoms with Crippen molar-refractivity contribution in [1.82, 2.24) is 5.32 Å². The Morgan fingerprint density at radius 3 is 2.08 bits per heavy atom. The largest absolute Gasteiger partial charge is 0.484 e. The van der Waals surface area contributed by atoms with Gasteiger partial charge in [-0.05, 0) is 48.5 Å². The van der Waals surface area contributed by atoms with E-state index in [1.807, 2.05) is 0 Å². The summed E-state index contributed by atoms with van der Waals surface area (Å²) in [5.41, 5.74) is 1.05. The van der Waals surface area contributed by atoms with Gasteiger partial charge in [-0.1, -0.05) is 0 Å². The highest BCUT2D eigenvalue weighted by Crippen LogP contribution is 2.15. The Labute approximate surface area is 149 Å². The number of rotatable bonds is 7. The van der Waals surface area contributed by atoms with Crippen LogP contribution < -0.4 is 20.7 Å². The predicted molar refractivity (Wildman–Crippen MR) is 94.3 cm³/mol. The van der Waals surface area contributed by atoms with Gasteiger partial charge in [0.25, 0.3) is 5.91 Å².